The Morgan fingerprint density at radius 2 is 1.95 bits per heavy atom. The number of nitrogens with one attached hydrogen (secondary N) is 2. The number of piperidine rings is 1. The summed E-state index contributed by atoms with van der Waals surface area (Å²) in [6, 6.07) is 9.71. The topological polar surface area (TPSA) is 66.9 Å². The minimum Gasteiger partial charge on any atom is -0.317 e. The first-order valence-corrected chi connectivity index (χ1v) is 7.71. The normalized spacial score (nSPS) is 15.5. The van der Waals surface area contributed by atoms with Crippen LogP contribution in [0.2, 0.25) is 5.28 Å². The Labute approximate surface area is 134 Å². The fraction of sp³-hybridized carbons (Fsp3) is 0.312. The number of rotatable bonds is 3. The molecule has 1 saturated heterocycles. The van der Waals surface area contributed by atoms with E-state index in [-0.39, 0.29) is 17.1 Å². The molecule has 1 fully saturated rings. The van der Waals surface area contributed by atoms with E-state index in [9.17, 15) is 4.79 Å². The molecule has 2 N–H and O–H groups in total. The molecule has 1 aliphatic heterocycles. The SMILES string of the molecule is O=C(Nc1nc(Cl)ncc1-c1ccccc1)C1CCNCC1. The summed E-state index contributed by atoms with van der Waals surface area (Å²) in [6.45, 7) is 1.74. The number of carbonyl (C=O) groups is 1. The van der Waals surface area contributed by atoms with Gasteiger partial charge in [-0.05, 0) is 43.1 Å². The Morgan fingerprint density at radius 1 is 1.23 bits per heavy atom. The highest BCUT2D eigenvalue weighted by atomic mass is 35.5. The number of hydrogen-bond donors (Lipinski definition) is 2. The zero-order valence-electron chi connectivity index (χ0n) is 12.1. The van der Waals surface area contributed by atoms with Gasteiger partial charge in [-0.3, -0.25) is 4.79 Å². The molecule has 2 heterocycles. The molecule has 1 amide bonds. The lowest BCUT2D eigenvalue weighted by Gasteiger charge is -2.22. The first-order valence-electron chi connectivity index (χ1n) is 7.33. The molecule has 1 aromatic heterocycles. The minimum atomic E-state index is -0.00607. The average molecular weight is 317 g/mol. The van der Waals surface area contributed by atoms with Crippen molar-refractivity contribution in [1.82, 2.24) is 15.3 Å². The quantitative estimate of drug-likeness (QED) is 0.854. The molecule has 0 atom stereocenters. The lowest BCUT2D eigenvalue weighted by Crippen LogP contribution is -2.34. The van der Waals surface area contributed by atoms with Gasteiger partial charge in [0.1, 0.15) is 5.82 Å². The predicted molar refractivity (Wildman–Crippen MR) is 86.7 cm³/mol. The van der Waals surface area contributed by atoms with Crippen molar-refractivity contribution in [2.24, 2.45) is 5.92 Å². The first kappa shape index (κ1) is 14.9. The summed E-state index contributed by atoms with van der Waals surface area (Å²) < 4.78 is 0. The van der Waals surface area contributed by atoms with Crippen LogP contribution in [0, 0.1) is 5.92 Å². The monoisotopic (exact) mass is 316 g/mol. The van der Waals surface area contributed by atoms with Crippen molar-refractivity contribution >= 4 is 23.3 Å². The molecule has 0 bridgehead atoms. The number of aromatic nitrogens is 2. The van der Waals surface area contributed by atoms with Gasteiger partial charge < -0.3 is 10.6 Å². The first-order chi connectivity index (χ1) is 10.7. The zero-order chi connectivity index (χ0) is 15.4. The number of nitrogens with zero attached hydrogens (tertiary/aromatic N) is 2. The van der Waals surface area contributed by atoms with Crippen LogP contribution in [0.5, 0.6) is 0 Å². The molecule has 0 radical (unpaired) electrons. The van der Waals surface area contributed by atoms with E-state index in [0.29, 0.717) is 5.82 Å². The number of carbonyl (C=O) groups excluding carboxylic acids is 1. The molecule has 0 aliphatic carbocycles. The van der Waals surface area contributed by atoms with Crippen molar-refractivity contribution in [3.05, 3.63) is 41.8 Å². The second-order valence-electron chi connectivity index (χ2n) is 5.28. The summed E-state index contributed by atoms with van der Waals surface area (Å²) in [4.78, 5) is 20.6. The van der Waals surface area contributed by atoms with E-state index in [2.05, 4.69) is 20.6 Å². The van der Waals surface area contributed by atoms with E-state index in [1.807, 2.05) is 30.3 Å². The second kappa shape index (κ2) is 6.85. The van der Waals surface area contributed by atoms with Crippen LogP contribution in [0.4, 0.5) is 5.82 Å². The minimum absolute atomic E-state index is 0.00607. The average Bonchev–Trinajstić information content (AvgIpc) is 2.56. The second-order valence-corrected chi connectivity index (χ2v) is 5.62. The number of amides is 1. The summed E-state index contributed by atoms with van der Waals surface area (Å²) in [7, 11) is 0. The Morgan fingerprint density at radius 3 is 2.68 bits per heavy atom. The van der Waals surface area contributed by atoms with Crippen LogP contribution < -0.4 is 10.6 Å². The Kier molecular flexibility index (Phi) is 4.65. The van der Waals surface area contributed by atoms with Gasteiger partial charge in [-0.2, -0.15) is 4.98 Å². The number of anilines is 1. The zero-order valence-corrected chi connectivity index (χ0v) is 12.8. The summed E-state index contributed by atoms with van der Waals surface area (Å²) in [5, 5.41) is 6.30. The summed E-state index contributed by atoms with van der Waals surface area (Å²) in [5.74, 6) is 0.474. The van der Waals surface area contributed by atoms with Crippen molar-refractivity contribution in [3.63, 3.8) is 0 Å². The van der Waals surface area contributed by atoms with Gasteiger partial charge in [-0.1, -0.05) is 30.3 Å². The molecular formula is C16H17ClN4O. The molecule has 22 heavy (non-hydrogen) atoms. The van der Waals surface area contributed by atoms with E-state index in [1.165, 1.54) is 0 Å². The van der Waals surface area contributed by atoms with Crippen molar-refractivity contribution < 1.29 is 4.79 Å². The van der Waals surface area contributed by atoms with Gasteiger partial charge in [-0.25, -0.2) is 4.98 Å². The molecule has 5 nitrogen and oxygen atoms in total. The fourth-order valence-corrected chi connectivity index (χ4v) is 2.72. The third-order valence-corrected chi connectivity index (χ3v) is 3.98. The van der Waals surface area contributed by atoms with Crippen LogP contribution in [0.15, 0.2) is 36.5 Å². The molecule has 1 aliphatic rings. The van der Waals surface area contributed by atoms with Gasteiger partial charge in [0.15, 0.2) is 0 Å². The van der Waals surface area contributed by atoms with Crippen LogP contribution in [0.3, 0.4) is 0 Å². The third kappa shape index (κ3) is 3.43. The van der Waals surface area contributed by atoms with Crippen LogP contribution in [-0.4, -0.2) is 29.0 Å². The standard InChI is InChI=1S/C16H17ClN4O/c17-16-19-10-13(11-4-2-1-3-5-11)14(21-16)20-15(22)12-6-8-18-9-7-12/h1-5,10,12,18H,6-9H2,(H,19,20,21,22). The summed E-state index contributed by atoms with van der Waals surface area (Å²) in [5.41, 5.74) is 1.71. The molecular weight excluding hydrogens is 300 g/mol. The van der Waals surface area contributed by atoms with Gasteiger partial charge in [0.25, 0.3) is 0 Å². The van der Waals surface area contributed by atoms with Gasteiger partial charge in [0, 0.05) is 17.7 Å². The fourth-order valence-electron chi connectivity index (χ4n) is 2.59. The predicted octanol–water partition coefficient (Wildman–Crippen LogP) is 2.74. The number of benzene rings is 1. The summed E-state index contributed by atoms with van der Waals surface area (Å²) in [6.07, 6.45) is 3.32. The Hall–Kier alpha value is -1.98. The van der Waals surface area contributed by atoms with E-state index < -0.39 is 0 Å². The smallest absolute Gasteiger partial charge is 0.228 e. The molecule has 1 aromatic carbocycles. The van der Waals surface area contributed by atoms with Crippen LogP contribution in [0.1, 0.15) is 12.8 Å². The van der Waals surface area contributed by atoms with Gasteiger partial charge >= 0.3 is 0 Å². The maximum absolute atomic E-state index is 12.4. The molecule has 0 spiro atoms. The Bertz CT molecular complexity index is 656. The maximum atomic E-state index is 12.4. The Balaban J connectivity index is 1.86. The number of hydrogen-bond acceptors (Lipinski definition) is 4. The molecule has 6 heteroatoms. The van der Waals surface area contributed by atoms with Crippen molar-refractivity contribution in [2.45, 2.75) is 12.8 Å². The third-order valence-electron chi connectivity index (χ3n) is 3.80. The molecule has 0 saturated carbocycles. The molecule has 114 valence electrons. The largest absolute Gasteiger partial charge is 0.317 e. The van der Waals surface area contributed by atoms with Crippen molar-refractivity contribution in [3.8, 4) is 11.1 Å². The lowest BCUT2D eigenvalue weighted by molar-refractivity contribution is -0.120. The highest BCUT2D eigenvalue weighted by molar-refractivity contribution is 6.28. The molecule has 2 aromatic rings. The van der Waals surface area contributed by atoms with E-state index in [1.54, 1.807) is 6.20 Å². The van der Waals surface area contributed by atoms with Gasteiger partial charge in [-0.15, -0.1) is 0 Å². The number of halogens is 1. The highest BCUT2D eigenvalue weighted by Gasteiger charge is 2.22. The summed E-state index contributed by atoms with van der Waals surface area (Å²) >= 11 is 5.89. The van der Waals surface area contributed by atoms with E-state index >= 15 is 0 Å². The lowest BCUT2D eigenvalue weighted by atomic mass is 9.97. The van der Waals surface area contributed by atoms with Gasteiger partial charge in [0.2, 0.25) is 11.2 Å². The maximum Gasteiger partial charge on any atom is 0.228 e. The van der Waals surface area contributed by atoms with E-state index in [0.717, 1.165) is 37.1 Å². The molecule has 0 unspecified atom stereocenters. The van der Waals surface area contributed by atoms with Crippen molar-refractivity contribution in [2.75, 3.05) is 18.4 Å². The van der Waals surface area contributed by atoms with Crippen LogP contribution in [-0.2, 0) is 4.79 Å². The highest BCUT2D eigenvalue weighted by Crippen LogP contribution is 2.27. The van der Waals surface area contributed by atoms with Crippen molar-refractivity contribution in [1.29, 1.82) is 0 Å². The van der Waals surface area contributed by atoms with Gasteiger partial charge in [0.05, 0.1) is 0 Å². The molecule has 3 rings (SSSR count). The van der Waals surface area contributed by atoms with Crippen LogP contribution in [0.25, 0.3) is 11.1 Å². The van der Waals surface area contributed by atoms with Crippen LogP contribution >= 0.6 is 11.6 Å². The van der Waals surface area contributed by atoms with E-state index in [4.69, 9.17) is 11.6 Å².